The summed E-state index contributed by atoms with van der Waals surface area (Å²) in [5.41, 5.74) is 16.0. The fourth-order valence-corrected chi connectivity index (χ4v) is 7.47. The molecule has 0 atom stereocenters. The molecule has 0 aromatic heterocycles. The molecule has 3 heteroatoms. The molecule has 9 rings (SSSR count). The minimum Gasteiger partial charge on any atom is -0.383 e. The van der Waals surface area contributed by atoms with E-state index in [4.69, 9.17) is 12.3 Å². The second kappa shape index (κ2) is 13.0. The fourth-order valence-electron chi connectivity index (χ4n) is 7.47. The molecule has 0 bridgehead atoms. The number of fused-ring (bicyclic) bond motifs is 6. The third-order valence-corrected chi connectivity index (χ3v) is 10.1. The Morgan fingerprint density at radius 1 is 0.462 bits per heavy atom. The lowest BCUT2D eigenvalue weighted by molar-refractivity contribution is 1.06. The number of nitrogens with zero attached hydrogens (tertiary/aromatic N) is 2. The van der Waals surface area contributed by atoms with Gasteiger partial charge in [0, 0.05) is 5.56 Å². The maximum absolute atomic E-state index is 7.58. The highest BCUT2D eigenvalue weighted by Gasteiger charge is 2.15. The van der Waals surface area contributed by atoms with Crippen LogP contribution in [-0.4, -0.2) is 5.84 Å². The van der Waals surface area contributed by atoms with Crippen LogP contribution in [0.1, 0.15) is 11.1 Å². The van der Waals surface area contributed by atoms with Crippen molar-refractivity contribution in [2.24, 2.45) is 10.7 Å². The van der Waals surface area contributed by atoms with E-state index in [1.807, 2.05) is 48.5 Å². The van der Waals surface area contributed by atoms with Gasteiger partial charge in [-0.2, -0.15) is 0 Å². The first kappa shape index (κ1) is 31.0. The SMILES string of the molecule is [C-]#[N+]c1cccc(-c2cc3c4ccccc4c(-c4ccc5cc(-c6cccc(C(N)=NCc7ccccc7)c6)ccc5c4)cc3c3ccccc23)c1. The zero-order chi connectivity index (χ0) is 35.0. The van der Waals surface area contributed by atoms with Crippen LogP contribution in [0, 0.1) is 6.57 Å². The van der Waals surface area contributed by atoms with Crippen LogP contribution in [0.2, 0.25) is 0 Å². The van der Waals surface area contributed by atoms with E-state index in [1.165, 1.54) is 54.2 Å². The molecule has 0 saturated carbocycles. The number of hydrogen-bond acceptors (Lipinski definition) is 1. The second-order valence-electron chi connectivity index (χ2n) is 13.2. The molecular formula is C49H33N3. The maximum atomic E-state index is 7.58. The van der Waals surface area contributed by atoms with Crippen molar-refractivity contribution in [3.63, 3.8) is 0 Å². The van der Waals surface area contributed by atoms with Gasteiger partial charge in [0.25, 0.3) is 0 Å². The van der Waals surface area contributed by atoms with Crippen LogP contribution >= 0.6 is 0 Å². The van der Waals surface area contributed by atoms with Gasteiger partial charge in [-0.1, -0.05) is 140 Å². The molecule has 0 amide bonds. The molecule has 0 heterocycles. The van der Waals surface area contributed by atoms with Crippen LogP contribution in [0.3, 0.4) is 0 Å². The van der Waals surface area contributed by atoms with Gasteiger partial charge in [0.15, 0.2) is 5.69 Å². The number of amidine groups is 1. The summed E-state index contributed by atoms with van der Waals surface area (Å²) in [6.45, 7) is 8.14. The Bertz CT molecular complexity index is 2900. The second-order valence-corrected chi connectivity index (χ2v) is 13.2. The Morgan fingerprint density at radius 3 is 1.67 bits per heavy atom. The highest BCUT2D eigenvalue weighted by molar-refractivity contribution is 6.24. The lowest BCUT2D eigenvalue weighted by Gasteiger charge is -2.16. The molecule has 0 radical (unpaired) electrons. The van der Waals surface area contributed by atoms with Crippen LogP contribution < -0.4 is 5.73 Å². The van der Waals surface area contributed by atoms with Crippen LogP contribution in [0.25, 0.3) is 81.3 Å². The van der Waals surface area contributed by atoms with Crippen molar-refractivity contribution < 1.29 is 0 Å². The van der Waals surface area contributed by atoms with E-state index in [-0.39, 0.29) is 0 Å². The molecule has 0 unspecified atom stereocenters. The molecule has 0 aliphatic rings. The summed E-state index contributed by atoms with van der Waals surface area (Å²) in [5, 5.41) is 9.60. The van der Waals surface area contributed by atoms with E-state index in [0.29, 0.717) is 18.1 Å². The topological polar surface area (TPSA) is 42.7 Å². The normalized spacial score (nSPS) is 11.7. The molecule has 3 nitrogen and oxygen atoms in total. The molecule has 52 heavy (non-hydrogen) atoms. The van der Waals surface area contributed by atoms with Crippen LogP contribution in [0.5, 0.6) is 0 Å². The van der Waals surface area contributed by atoms with E-state index in [2.05, 4.69) is 137 Å². The van der Waals surface area contributed by atoms with Gasteiger partial charge in [-0.3, -0.25) is 4.99 Å². The molecule has 2 N–H and O–H groups in total. The van der Waals surface area contributed by atoms with E-state index < -0.39 is 0 Å². The average Bonchev–Trinajstić information content (AvgIpc) is 3.22. The van der Waals surface area contributed by atoms with Crippen molar-refractivity contribution in [2.75, 3.05) is 0 Å². The lowest BCUT2D eigenvalue weighted by Crippen LogP contribution is -2.13. The number of rotatable bonds is 6. The summed E-state index contributed by atoms with van der Waals surface area (Å²) in [4.78, 5) is 8.36. The minimum absolute atomic E-state index is 0.539. The molecule has 0 aliphatic heterocycles. The summed E-state index contributed by atoms with van der Waals surface area (Å²) in [5.74, 6) is 0.539. The van der Waals surface area contributed by atoms with Crippen molar-refractivity contribution in [2.45, 2.75) is 6.54 Å². The number of aliphatic imine (C=N–C) groups is 1. The maximum Gasteiger partial charge on any atom is 0.187 e. The molecule has 9 aromatic carbocycles. The van der Waals surface area contributed by atoms with Crippen LogP contribution in [0.15, 0.2) is 181 Å². The van der Waals surface area contributed by atoms with Crippen molar-refractivity contribution in [1.82, 2.24) is 0 Å². The summed E-state index contributed by atoms with van der Waals surface area (Å²) in [7, 11) is 0. The van der Waals surface area contributed by atoms with Gasteiger partial charge < -0.3 is 5.73 Å². The summed E-state index contributed by atoms with van der Waals surface area (Å²) < 4.78 is 0. The molecule has 0 saturated heterocycles. The van der Waals surface area contributed by atoms with Gasteiger partial charge in [-0.15, -0.1) is 0 Å². The third-order valence-electron chi connectivity index (χ3n) is 10.1. The predicted molar refractivity (Wildman–Crippen MR) is 220 cm³/mol. The molecule has 9 aromatic rings. The Morgan fingerprint density at radius 2 is 1.00 bits per heavy atom. The average molecular weight is 664 g/mol. The quantitative estimate of drug-likeness (QED) is 0.0818. The molecule has 0 fully saturated rings. The largest absolute Gasteiger partial charge is 0.383 e. The van der Waals surface area contributed by atoms with E-state index in [9.17, 15) is 0 Å². The molecule has 0 aliphatic carbocycles. The fraction of sp³-hybridized carbons (Fsp3) is 0.0204. The minimum atomic E-state index is 0.539. The Labute approximate surface area is 302 Å². The van der Waals surface area contributed by atoms with Gasteiger partial charge in [0.05, 0.1) is 13.1 Å². The van der Waals surface area contributed by atoms with Gasteiger partial charge in [0.2, 0.25) is 0 Å². The van der Waals surface area contributed by atoms with Crippen molar-refractivity contribution in [3.8, 4) is 33.4 Å². The number of nitrogens with two attached hydrogens (primary N) is 1. The highest BCUT2D eigenvalue weighted by atomic mass is 14.8. The number of hydrogen-bond donors (Lipinski definition) is 1. The van der Waals surface area contributed by atoms with Crippen molar-refractivity contribution in [3.05, 3.63) is 198 Å². The standard InChI is InChI=1S/C49H33N3/c1-51-40-16-10-14-37(28-40)45-29-47-44-20-8-6-18-42(44)46(30-48(47)43-19-7-5-17-41(43)45)38-24-23-35-25-34(21-22-36(35)26-38)33-13-9-15-39(27-33)49(50)52-31-32-11-3-2-4-12-32/h2-30H,31H2,(H2,50,52). The van der Waals surface area contributed by atoms with Crippen molar-refractivity contribution >= 4 is 54.6 Å². The summed E-state index contributed by atoms with van der Waals surface area (Å²) >= 11 is 0. The Balaban J connectivity index is 1.12. The Hall–Kier alpha value is -7.02. The lowest BCUT2D eigenvalue weighted by atomic mass is 9.87. The predicted octanol–water partition coefficient (Wildman–Crippen LogP) is 12.8. The van der Waals surface area contributed by atoms with Gasteiger partial charge in [0.1, 0.15) is 5.84 Å². The van der Waals surface area contributed by atoms with Gasteiger partial charge in [-0.25, -0.2) is 4.85 Å². The number of benzene rings is 9. The van der Waals surface area contributed by atoms with Crippen LogP contribution in [0.4, 0.5) is 5.69 Å². The first-order valence-electron chi connectivity index (χ1n) is 17.5. The zero-order valence-electron chi connectivity index (χ0n) is 28.4. The smallest absolute Gasteiger partial charge is 0.187 e. The first-order valence-corrected chi connectivity index (χ1v) is 17.5. The zero-order valence-corrected chi connectivity index (χ0v) is 28.4. The van der Waals surface area contributed by atoms with Gasteiger partial charge in [-0.05, 0) is 118 Å². The van der Waals surface area contributed by atoms with Gasteiger partial charge >= 0.3 is 0 Å². The van der Waals surface area contributed by atoms with E-state index in [1.54, 1.807) is 0 Å². The molecule has 0 spiro atoms. The van der Waals surface area contributed by atoms with E-state index >= 15 is 0 Å². The molecule has 244 valence electrons. The summed E-state index contributed by atoms with van der Waals surface area (Å²) in [6, 6.07) is 61.9. The summed E-state index contributed by atoms with van der Waals surface area (Å²) in [6.07, 6.45) is 0. The highest BCUT2D eigenvalue weighted by Crippen LogP contribution is 2.42. The Kier molecular flexibility index (Phi) is 7.76. The van der Waals surface area contributed by atoms with Crippen LogP contribution in [-0.2, 0) is 6.54 Å². The monoisotopic (exact) mass is 663 g/mol. The first-order chi connectivity index (χ1) is 25.6. The third kappa shape index (κ3) is 5.63. The molecular weight excluding hydrogens is 631 g/mol. The van der Waals surface area contributed by atoms with E-state index in [0.717, 1.165) is 33.4 Å². The van der Waals surface area contributed by atoms with Crippen molar-refractivity contribution in [1.29, 1.82) is 0 Å².